The van der Waals surface area contributed by atoms with Crippen molar-refractivity contribution in [3.8, 4) is 11.5 Å². The second kappa shape index (κ2) is 7.10. The minimum absolute atomic E-state index is 0.877. The maximum Gasteiger partial charge on any atom is 0.119 e. The molecule has 0 fully saturated rings. The van der Waals surface area contributed by atoms with Crippen LogP contribution in [0, 0.1) is 0 Å². The van der Waals surface area contributed by atoms with E-state index in [4.69, 9.17) is 9.47 Å². The molecule has 2 heteroatoms. The first-order valence-corrected chi connectivity index (χ1v) is 11.5. The molecule has 0 aromatic heterocycles. The monoisotopic (exact) mass is 438 g/mol. The Hall–Kier alpha value is -4.30. The predicted molar refractivity (Wildman–Crippen MR) is 145 cm³/mol. The Morgan fingerprint density at radius 2 is 0.676 bits per heavy atom. The smallest absolute Gasteiger partial charge is 0.119 e. The Balaban J connectivity index is 1.78. The average molecular weight is 439 g/mol. The van der Waals surface area contributed by atoms with Gasteiger partial charge in [-0.2, -0.15) is 0 Å². The van der Waals surface area contributed by atoms with Crippen LogP contribution in [0.4, 0.5) is 0 Å². The molecule has 34 heavy (non-hydrogen) atoms. The molecule has 0 heterocycles. The van der Waals surface area contributed by atoms with E-state index in [1.165, 1.54) is 64.6 Å². The second-order valence-corrected chi connectivity index (χ2v) is 8.89. The van der Waals surface area contributed by atoms with Gasteiger partial charge >= 0.3 is 0 Å². The Morgan fingerprint density at radius 3 is 1.03 bits per heavy atom. The third kappa shape index (κ3) is 2.63. The zero-order valence-corrected chi connectivity index (χ0v) is 19.1. The van der Waals surface area contributed by atoms with E-state index in [9.17, 15) is 0 Å². The van der Waals surface area contributed by atoms with Crippen molar-refractivity contribution in [3.63, 3.8) is 0 Å². The number of hydrogen-bond acceptors (Lipinski definition) is 2. The van der Waals surface area contributed by atoms with Crippen LogP contribution < -0.4 is 9.47 Å². The van der Waals surface area contributed by atoms with Crippen LogP contribution in [0.15, 0.2) is 97.1 Å². The normalized spacial score (nSPS) is 11.8. The van der Waals surface area contributed by atoms with Crippen molar-refractivity contribution in [2.24, 2.45) is 0 Å². The molecule has 0 bridgehead atoms. The molecule has 0 amide bonds. The molecule has 7 rings (SSSR count). The summed E-state index contributed by atoms with van der Waals surface area (Å²) in [6, 6.07) is 35.1. The van der Waals surface area contributed by atoms with E-state index in [2.05, 4.69) is 97.1 Å². The fourth-order valence-corrected chi connectivity index (χ4v) is 5.55. The SMILES string of the molecule is COc1ccc2c(ccc3ccc4ccc5ccc6ccc7cc(OC)ccc7c6c5c4c32)c1. The predicted octanol–water partition coefficient (Wildman–Crippen LogP) is 8.62. The van der Waals surface area contributed by atoms with E-state index in [0.29, 0.717) is 0 Å². The van der Waals surface area contributed by atoms with E-state index < -0.39 is 0 Å². The molecule has 0 saturated carbocycles. The number of hydrogen-bond donors (Lipinski definition) is 0. The minimum atomic E-state index is 0.877. The van der Waals surface area contributed by atoms with Crippen LogP contribution in [0.25, 0.3) is 64.6 Å². The lowest BCUT2D eigenvalue weighted by molar-refractivity contribution is 0.415. The van der Waals surface area contributed by atoms with E-state index in [1.54, 1.807) is 14.2 Å². The molecule has 0 saturated heterocycles. The summed E-state index contributed by atoms with van der Waals surface area (Å²) in [5, 5.41) is 15.1. The molecule has 0 aliphatic carbocycles. The van der Waals surface area contributed by atoms with Crippen LogP contribution in [0.2, 0.25) is 0 Å². The quantitative estimate of drug-likeness (QED) is 0.252. The van der Waals surface area contributed by atoms with Gasteiger partial charge in [0.1, 0.15) is 11.5 Å². The second-order valence-electron chi connectivity index (χ2n) is 8.89. The molecule has 7 aromatic rings. The van der Waals surface area contributed by atoms with E-state index in [1.807, 2.05) is 0 Å². The van der Waals surface area contributed by atoms with Crippen molar-refractivity contribution in [1.29, 1.82) is 0 Å². The fourth-order valence-electron chi connectivity index (χ4n) is 5.55. The summed E-state index contributed by atoms with van der Waals surface area (Å²) in [7, 11) is 3.44. The zero-order valence-electron chi connectivity index (χ0n) is 19.1. The molecule has 2 nitrogen and oxygen atoms in total. The van der Waals surface area contributed by atoms with Crippen LogP contribution >= 0.6 is 0 Å². The van der Waals surface area contributed by atoms with Gasteiger partial charge in [-0.1, -0.05) is 72.8 Å². The molecule has 0 aliphatic rings. The van der Waals surface area contributed by atoms with Gasteiger partial charge in [-0.3, -0.25) is 0 Å². The fraction of sp³-hybridized carbons (Fsp3) is 0.0625. The van der Waals surface area contributed by atoms with Crippen LogP contribution in [0.5, 0.6) is 11.5 Å². The summed E-state index contributed by atoms with van der Waals surface area (Å²) in [4.78, 5) is 0. The van der Waals surface area contributed by atoms with Gasteiger partial charge in [0.25, 0.3) is 0 Å². The molecule has 7 aromatic carbocycles. The van der Waals surface area contributed by atoms with Crippen molar-refractivity contribution in [2.75, 3.05) is 14.2 Å². The van der Waals surface area contributed by atoms with Gasteiger partial charge in [-0.25, -0.2) is 0 Å². The first-order chi connectivity index (χ1) is 16.7. The van der Waals surface area contributed by atoms with E-state index in [-0.39, 0.29) is 0 Å². The van der Waals surface area contributed by atoms with Gasteiger partial charge in [-0.05, 0) is 88.9 Å². The summed E-state index contributed by atoms with van der Waals surface area (Å²) in [5.41, 5.74) is 0. The molecule has 0 unspecified atom stereocenters. The van der Waals surface area contributed by atoms with Crippen LogP contribution in [-0.4, -0.2) is 14.2 Å². The number of rotatable bonds is 2. The highest BCUT2D eigenvalue weighted by Crippen LogP contribution is 2.42. The van der Waals surface area contributed by atoms with Crippen LogP contribution in [0.3, 0.4) is 0 Å². The van der Waals surface area contributed by atoms with E-state index >= 15 is 0 Å². The Morgan fingerprint density at radius 1 is 0.353 bits per heavy atom. The highest BCUT2D eigenvalue weighted by molar-refractivity contribution is 6.35. The molecular formula is C32H22O2. The van der Waals surface area contributed by atoms with Gasteiger partial charge < -0.3 is 9.47 Å². The minimum Gasteiger partial charge on any atom is -0.497 e. The van der Waals surface area contributed by atoms with Crippen molar-refractivity contribution in [1.82, 2.24) is 0 Å². The lowest BCUT2D eigenvalue weighted by Crippen LogP contribution is -1.88. The molecule has 0 N–H and O–H groups in total. The summed E-state index contributed by atoms with van der Waals surface area (Å²) in [6.45, 7) is 0. The molecule has 0 atom stereocenters. The third-order valence-electron chi connectivity index (χ3n) is 7.17. The summed E-state index contributed by atoms with van der Waals surface area (Å²) < 4.78 is 11.0. The maximum atomic E-state index is 5.51. The van der Waals surface area contributed by atoms with Crippen molar-refractivity contribution in [2.45, 2.75) is 0 Å². The number of fused-ring (bicyclic) bond motifs is 11. The number of benzene rings is 7. The average Bonchev–Trinajstić information content (AvgIpc) is 2.90. The van der Waals surface area contributed by atoms with Crippen molar-refractivity contribution >= 4 is 64.6 Å². The summed E-state index contributed by atoms with van der Waals surface area (Å²) >= 11 is 0. The van der Waals surface area contributed by atoms with Gasteiger partial charge in [0.15, 0.2) is 0 Å². The highest BCUT2D eigenvalue weighted by atomic mass is 16.5. The van der Waals surface area contributed by atoms with Crippen molar-refractivity contribution in [3.05, 3.63) is 97.1 Å². The van der Waals surface area contributed by atoms with Gasteiger partial charge in [0.05, 0.1) is 14.2 Å². The van der Waals surface area contributed by atoms with Crippen LogP contribution in [-0.2, 0) is 0 Å². The zero-order chi connectivity index (χ0) is 22.8. The Bertz CT molecular complexity index is 1780. The largest absolute Gasteiger partial charge is 0.497 e. The molecular weight excluding hydrogens is 416 g/mol. The molecule has 162 valence electrons. The number of ether oxygens (including phenoxy) is 2. The molecule has 0 aliphatic heterocycles. The molecule has 0 spiro atoms. The molecule has 0 radical (unpaired) electrons. The van der Waals surface area contributed by atoms with Gasteiger partial charge in [0, 0.05) is 0 Å². The highest BCUT2D eigenvalue weighted by Gasteiger charge is 2.14. The topological polar surface area (TPSA) is 18.5 Å². The lowest BCUT2D eigenvalue weighted by atomic mass is 9.89. The maximum absolute atomic E-state index is 5.51. The standard InChI is InChI=1S/C32H22O2/c1-33-25-13-15-27-23(17-25)11-9-19-3-5-21-7-8-22-6-4-20-10-12-24-18-26(34-2)14-16-28(24)30(20)32(22)31(21)29(19)27/h3-18H,1-2H3. The summed E-state index contributed by atoms with van der Waals surface area (Å²) in [6.07, 6.45) is 0. The summed E-state index contributed by atoms with van der Waals surface area (Å²) in [5.74, 6) is 1.75. The first kappa shape index (κ1) is 19.2. The van der Waals surface area contributed by atoms with E-state index in [0.717, 1.165) is 11.5 Å². The van der Waals surface area contributed by atoms with Crippen LogP contribution in [0.1, 0.15) is 0 Å². The number of methoxy groups -OCH3 is 2. The Kier molecular flexibility index (Phi) is 4.01. The first-order valence-electron chi connectivity index (χ1n) is 11.5. The lowest BCUT2D eigenvalue weighted by Gasteiger charge is -2.15. The van der Waals surface area contributed by atoms with Gasteiger partial charge in [0.2, 0.25) is 0 Å². The third-order valence-corrected chi connectivity index (χ3v) is 7.17. The Labute approximate surface area is 196 Å². The van der Waals surface area contributed by atoms with Crippen molar-refractivity contribution < 1.29 is 9.47 Å². The van der Waals surface area contributed by atoms with Gasteiger partial charge in [-0.15, -0.1) is 0 Å².